The second-order valence-corrected chi connectivity index (χ2v) is 7.89. The van der Waals surface area contributed by atoms with Gasteiger partial charge in [0.2, 0.25) is 0 Å². The molecule has 4 nitrogen and oxygen atoms in total. The minimum absolute atomic E-state index is 0.138. The summed E-state index contributed by atoms with van der Waals surface area (Å²) < 4.78 is 5.28. The number of ether oxygens (including phenoxy) is 1. The number of carboxylic acids is 1. The average Bonchev–Trinajstić information content (AvgIpc) is 2.88. The van der Waals surface area contributed by atoms with Gasteiger partial charge in [0, 0.05) is 11.8 Å². The number of benzene rings is 1. The van der Waals surface area contributed by atoms with E-state index in [1.807, 2.05) is 12.1 Å². The quantitative estimate of drug-likeness (QED) is 0.896. The van der Waals surface area contributed by atoms with Crippen LogP contribution in [0, 0.1) is 17.3 Å². The Labute approximate surface area is 142 Å². The molecule has 0 bridgehead atoms. The molecule has 1 aromatic rings. The summed E-state index contributed by atoms with van der Waals surface area (Å²) >= 11 is 0. The van der Waals surface area contributed by atoms with Crippen LogP contribution in [0.2, 0.25) is 0 Å². The van der Waals surface area contributed by atoms with Crippen molar-refractivity contribution < 1.29 is 19.4 Å². The molecule has 3 aliphatic rings. The van der Waals surface area contributed by atoms with Crippen LogP contribution in [-0.4, -0.2) is 24.0 Å². The van der Waals surface area contributed by atoms with Gasteiger partial charge in [-0.25, -0.2) is 4.79 Å². The summed E-state index contributed by atoms with van der Waals surface area (Å²) in [6.07, 6.45) is 5.70. The highest BCUT2D eigenvalue weighted by Crippen LogP contribution is 2.59. The SMILES string of the molecule is COc1cc2c(cc1C(=O)O)C1CCC3(C)C(=O)CCC3C1CC2. The van der Waals surface area contributed by atoms with Crippen molar-refractivity contribution in [2.75, 3.05) is 7.11 Å². The van der Waals surface area contributed by atoms with E-state index >= 15 is 0 Å². The molecular weight excluding hydrogens is 304 g/mol. The standard InChI is InChI=1S/C20H24O4/c1-20-8-7-12-13(16(20)5-6-18(20)21)4-3-11-9-17(24-2)15(19(22)23)10-14(11)12/h9-10,12-13,16H,3-8H2,1-2H3,(H,22,23). The highest BCUT2D eigenvalue weighted by atomic mass is 16.5. The first-order valence-electron chi connectivity index (χ1n) is 8.93. The fourth-order valence-electron chi connectivity index (χ4n) is 5.71. The fraction of sp³-hybridized carbons (Fsp3) is 0.600. The lowest BCUT2D eigenvalue weighted by atomic mass is 9.55. The Morgan fingerprint density at radius 2 is 2.04 bits per heavy atom. The van der Waals surface area contributed by atoms with Gasteiger partial charge in [-0.2, -0.15) is 0 Å². The summed E-state index contributed by atoms with van der Waals surface area (Å²) in [5.74, 6) is 1.33. The molecule has 0 aliphatic heterocycles. The average molecular weight is 328 g/mol. The Morgan fingerprint density at radius 1 is 1.25 bits per heavy atom. The van der Waals surface area contributed by atoms with Crippen LogP contribution < -0.4 is 4.74 Å². The molecule has 128 valence electrons. The van der Waals surface area contributed by atoms with Crippen LogP contribution in [0.25, 0.3) is 0 Å². The number of carbonyl (C=O) groups is 2. The lowest BCUT2D eigenvalue weighted by Crippen LogP contribution is -2.42. The zero-order valence-corrected chi connectivity index (χ0v) is 14.3. The lowest BCUT2D eigenvalue weighted by Gasteiger charge is -2.48. The number of carboxylic acid groups (broad SMARTS) is 1. The molecule has 0 radical (unpaired) electrons. The molecule has 4 heteroatoms. The number of aryl methyl sites for hydroxylation is 1. The molecule has 4 atom stereocenters. The van der Waals surface area contributed by atoms with Crippen molar-refractivity contribution in [2.45, 2.75) is 51.4 Å². The third-order valence-corrected chi connectivity index (χ3v) is 6.98. The summed E-state index contributed by atoms with van der Waals surface area (Å²) in [5.41, 5.74) is 2.53. The van der Waals surface area contributed by atoms with Crippen molar-refractivity contribution in [3.63, 3.8) is 0 Å². The molecule has 0 heterocycles. The van der Waals surface area contributed by atoms with E-state index in [0.717, 1.165) is 38.5 Å². The van der Waals surface area contributed by atoms with Crippen LogP contribution in [-0.2, 0) is 11.2 Å². The van der Waals surface area contributed by atoms with Gasteiger partial charge in [0.1, 0.15) is 17.1 Å². The lowest BCUT2D eigenvalue weighted by molar-refractivity contribution is -0.129. The Hall–Kier alpha value is -1.84. The second kappa shape index (κ2) is 5.33. The molecule has 4 unspecified atom stereocenters. The number of rotatable bonds is 2. The highest BCUT2D eigenvalue weighted by molar-refractivity contribution is 5.91. The third kappa shape index (κ3) is 2.04. The minimum Gasteiger partial charge on any atom is -0.496 e. The molecule has 1 N–H and O–H groups in total. The van der Waals surface area contributed by atoms with Crippen LogP contribution in [0.1, 0.15) is 66.4 Å². The number of ketones is 1. The second-order valence-electron chi connectivity index (χ2n) is 7.89. The van der Waals surface area contributed by atoms with E-state index in [4.69, 9.17) is 4.74 Å². The van der Waals surface area contributed by atoms with E-state index in [-0.39, 0.29) is 11.0 Å². The number of fused-ring (bicyclic) bond motifs is 5. The van der Waals surface area contributed by atoms with Crippen LogP contribution in [0.5, 0.6) is 5.75 Å². The van der Waals surface area contributed by atoms with Crippen LogP contribution >= 0.6 is 0 Å². The van der Waals surface area contributed by atoms with Crippen molar-refractivity contribution >= 4 is 11.8 Å². The van der Waals surface area contributed by atoms with E-state index in [0.29, 0.717) is 29.3 Å². The number of carbonyl (C=O) groups excluding carboxylic acids is 1. The molecule has 0 spiro atoms. The monoisotopic (exact) mass is 328 g/mol. The Balaban J connectivity index is 1.76. The van der Waals surface area contributed by atoms with Gasteiger partial charge >= 0.3 is 5.97 Å². The summed E-state index contributed by atoms with van der Waals surface area (Å²) in [4.78, 5) is 24.0. The predicted molar refractivity (Wildman–Crippen MR) is 89.6 cm³/mol. The third-order valence-electron chi connectivity index (χ3n) is 6.98. The summed E-state index contributed by atoms with van der Waals surface area (Å²) in [7, 11) is 1.52. The Bertz CT molecular complexity index is 723. The van der Waals surface area contributed by atoms with Crippen molar-refractivity contribution in [3.05, 3.63) is 28.8 Å². The largest absolute Gasteiger partial charge is 0.496 e. The molecular formula is C20H24O4. The number of hydrogen-bond acceptors (Lipinski definition) is 3. The van der Waals surface area contributed by atoms with E-state index in [2.05, 4.69) is 6.92 Å². The van der Waals surface area contributed by atoms with Crippen molar-refractivity contribution in [1.82, 2.24) is 0 Å². The van der Waals surface area contributed by atoms with Gasteiger partial charge in [0.05, 0.1) is 7.11 Å². The normalized spacial score (nSPS) is 34.2. The van der Waals surface area contributed by atoms with Crippen molar-refractivity contribution in [3.8, 4) is 5.75 Å². The molecule has 0 amide bonds. The van der Waals surface area contributed by atoms with Crippen molar-refractivity contribution in [1.29, 1.82) is 0 Å². The van der Waals surface area contributed by atoms with Gasteiger partial charge in [-0.05, 0) is 73.1 Å². The molecule has 1 aromatic carbocycles. The molecule has 2 fully saturated rings. The zero-order chi connectivity index (χ0) is 17.1. The maximum Gasteiger partial charge on any atom is 0.339 e. The number of hydrogen-bond donors (Lipinski definition) is 1. The topological polar surface area (TPSA) is 63.6 Å². The maximum atomic E-state index is 12.4. The van der Waals surface area contributed by atoms with E-state index in [1.165, 1.54) is 18.2 Å². The van der Waals surface area contributed by atoms with Gasteiger partial charge in [-0.3, -0.25) is 4.79 Å². The van der Waals surface area contributed by atoms with Crippen LogP contribution in [0.15, 0.2) is 12.1 Å². The maximum absolute atomic E-state index is 12.4. The van der Waals surface area contributed by atoms with Gasteiger partial charge in [-0.15, -0.1) is 0 Å². The first kappa shape index (κ1) is 15.7. The zero-order valence-electron chi connectivity index (χ0n) is 14.3. The van der Waals surface area contributed by atoms with Gasteiger partial charge < -0.3 is 9.84 Å². The van der Waals surface area contributed by atoms with Gasteiger partial charge in [0.25, 0.3) is 0 Å². The Kier molecular flexibility index (Phi) is 3.48. The van der Waals surface area contributed by atoms with E-state index < -0.39 is 5.97 Å². The van der Waals surface area contributed by atoms with E-state index in [9.17, 15) is 14.7 Å². The van der Waals surface area contributed by atoms with Crippen molar-refractivity contribution in [2.24, 2.45) is 17.3 Å². The molecule has 2 saturated carbocycles. The molecule has 0 saturated heterocycles. The smallest absolute Gasteiger partial charge is 0.339 e. The summed E-state index contributed by atoms with van der Waals surface area (Å²) in [6.45, 7) is 2.16. The number of Topliss-reactive ketones (excluding diaryl/α,β-unsaturated/α-hetero) is 1. The van der Waals surface area contributed by atoms with Crippen LogP contribution in [0.3, 0.4) is 0 Å². The number of methoxy groups -OCH3 is 1. The number of aromatic carboxylic acids is 1. The Morgan fingerprint density at radius 3 is 2.75 bits per heavy atom. The molecule has 24 heavy (non-hydrogen) atoms. The summed E-state index contributed by atoms with van der Waals surface area (Å²) in [5, 5.41) is 9.50. The van der Waals surface area contributed by atoms with E-state index in [1.54, 1.807) is 0 Å². The highest BCUT2D eigenvalue weighted by Gasteiger charge is 2.54. The first-order valence-corrected chi connectivity index (χ1v) is 8.93. The summed E-state index contributed by atoms with van der Waals surface area (Å²) in [6, 6.07) is 3.76. The van der Waals surface area contributed by atoms with Crippen LogP contribution in [0.4, 0.5) is 0 Å². The predicted octanol–water partition coefficient (Wildman–Crippen LogP) is 3.82. The van der Waals surface area contributed by atoms with Gasteiger partial charge in [0.15, 0.2) is 0 Å². The molecule has 3 aliphatic carbocycles. The molecule has 0 aromatic heterocycles. The fourth-order valence-corrected chi connectivity index (χ4v) is 5.71. The first-order chi connectivity index (χ1) is 11.5. The minimum atomic E-state index is -0.937. The molecule has 4 rings (SSSR count). The van der Waals surface area contributed by atoms with Gasteiger partial charge in [-0.1, -0.05) is 6.92 Å².